The molecule has 1 fully saturated rings. The molecule has 1 aromatic rings. The summed E-state index contributed by atoms with van der Waals surface area (Å²) in [5.41, 5.74) is 2.42. The van der Waals surface area contributed by atoms with Crippen molar-refractivity contribution in [3.8, 4) is 0 Å². The first kappa shape index (κ1) is 15.2. The van der Waals surface area contributed by atoms with Crippen molar-refractivity contribution in [3.63, 3.8) is 0 Å². The van der Waals surface area contributed by atoms with Gasteiger partial charge in [0.1, 0.15) is 5.69 Å². The highest BCUT2D eigenvalue weighted by atomic mass is 16.6. The Kier molecular flexibility index (Phi) is 4.42. The minimum Gasteiger partial charge on any atom is -0.338 e. The lowest BCUT2D eigenvalue weighted by atomic mass is 9.95. The van der Waals surface area contributed by atoms with Crippen LogP contribution in [0.4, 0.5) is 11.4 Å². The predicted molar refractivity (Wildman–Crippen MR) is 79.8 cm³/mol. The summed E-state index contributed by atoms with van der Waals surface area (Å²) in [6.45, 7) is 5.63. The lowest BCUT2D eigenvalue weighted by molar-refractivity contribution is -0.384. The number of nitrogens with two attached hydrogens (primary N) is 1. The summed E-state index contributed by atoms with van der Waals surface area (Å²) in [5.74, 6) is 6.15. The van der Waals surface area contributed by atoms with Gasteiger partial charge in [0.05, 0.1) is 10.5 Å². The summed E-state index contributed by atoms with van der Waals surface area (Å²) in [5, 5.41) is 11.0. The third-order valence-corrected chi connectivity index (χ3v) is 4.07. The second-order valence-electron chi connectivity index (χ2n) is 5.65. The number of hydrogen-bond acceptors (Lipinski definition) is 5. The summed E-state index contributed by atoms with van der Waals surface area (Å²) in [4.78, 5) is 24.8. The molecule has 21 heavy (non-hydrogen) atoms. The number of carbonyl (C=O) groups excluding carboxylic acids is 1. The average Bonchev–Trinajstić information content (AvgIpc) is 2.95. The fraction of sp³-hybridized carbons (Fsp3) is 0.500. The van der Waals surface area contributed by atoms with Crippen LogP contribution < -0.4 is 11.3 Å². The largest absolute Gasteiger partial charge is 0.338 e. The van der Waals surface area contributed by atoms with Crippen LogP contribution in [0.25, 0.3) is 0 Å². The van der Waals surface area contributed by atoms with E-state index in [1.54, 1.807) is 11.0 Å². The normalized spacial score (nSPS) is 18.1. The molecule has 1 saturated heterocycles. The van der Waals surface area contributed by atoms with Gasteiger partial charge in [0.15, 0.2) is 0 Å². The molecule has 114 valence electrons. The highest BCUT2D eigenvalue weighted by Gasteiger charge is 2.31. The summed E-state index contributed by atoms with van der Waals surface area (Å²) in [6, 6.07) is 4.39. The number of carbonyl (C=O) groups is 1. The molecule has 0 radical (unpaired) electrons. The van der Waals surface area contributed by atoms with E-state index in [9.17, 15) is 14.9 Å². The first-order valence-corrected chi connectivity index (χ1v) is 6.99. The molecule has 1 amide bonds. The molecule has 7 heteroatoms. The van der Waals surface area contributed by atoms with Gasteiger partial charge >= 0.3 is 0 Å². The number of nitrogens with zero attached hydrogens (tertiary/aromatic N) is 2. The molecule has 0 spiro atoms. The Morgan fingerprint density at radius 3 is 2.76 bits per heavy atom. The van der Waals surface area contributed by atoms with E-state index in [0.717, 1.165) is 6.42 Å². The van der Waals surface area contributed by atoms with E-state index in [2.05, 4.69) is 19.3 Å². The van der Waals surface area contributed by atoms with Crippen LogP contribution in [0.5, 0.6) is 0 Å². The molecule has 0 bridgehead atoms. The number of hydrogen-bond donors (Lipinski definition) is 2. The topological polar surface area (TPSA) is 102 Å². The van der Waals surface area contributed by atoms with E-state index in [-0.39, 0.29) is 22.8 Å². The lowest BCUT2D eigenvalue weighted by Gasteiger charge is -2.19. The van der Waals surface area contributed by atoms with Gasteiger partial charge in [-0.1, -0.05) is 19.9 Å². The van der Waals surface area contributed by atoms with Crippen LogP contribution in [0.2, 0.25) is 0 Å². The number of likely N-dealkylation sites (tertiary alicyclic amines) is 1. The molecule has 3 N–H and O–H groups in total. The number of nitro benzene ring substituents is 1. The fourth-order valence-electron chi connectivity index (χ4n) is 2.71. The van der Waals surface area contributed by atoms with E-state index in [1.165, 1.54) is 12.1 Å². The Morgan fingerprint density at radius 1 is 1.52 bits per heavy atom. The van der Waals surface area contributed by atoms with Crippen molar-refractivity contribution in [1.82, 2.24) is 4.90 Å². The Bertz CT molecular complexity index is 559. The summed E-state index contributed by atoms with van der Waals surface area (Å²) in [6.07, 6.45) is 0.962. The van der Waals surface area contributed by atoms with Gasteiger partial charge in [-0.05, 0) is 24.3 Å². The molecular weight excluding hydrogens is 272 g/mol. The second-order valence-corrected chi connectivity index (χ2v) is 5.65. The lowest BCUT2D eigenvalue weighted by Crippen LogP contribution is -2.30. The van der Waals surface area contributed by atoms with E-state index < -0.39 is 4.92 Å². The molecule has 0 aliphatic carbocycles. The zero-order chi connectivity index (χ0) is 15.6. The molecule has 2 rings (SSSR count). The molecule has 1 unspecified atom stereocenters. The Morgan fingerprint density at radius 2 is 2.24 bits per heavy atom. The number of para-hydroxylation sites is 1. The molecule has 1 atom stereocenters. The fourth-order valence-corrected chi connectivity index (χ4v) is 2.71. The number of amides is 1. The number of rotatable bonds is 4. The molecule has 7 nitrogen and oxygen atoms in total. The number of hydrazine groups is 1. The Hall–Kier alpha value is -2.15. The van der Waals surface area contributed by atoms with Crippen LogP contribution in [-0.4, -0.2) is 28.8 Å². The summed E-state index contributed by atoms with van der Waals surface area (Å²) < 4.78 is 0. The van der Waals surface area contributed by atoms with Crippen molar-refractivity contribution < 1.29 is 9.72 Å². The van der Waals surface area contributed by atoms with Crippen LogP contribution in [0.15, 0.2) is 18.2 Å². The quantitative estimate of drug-likeness (QED) is 0.502. The standard InChI is InChI=1S/C14H20N4O3/c1-9(2)10-6-7-17(8-10)14(19)11-4-3-5-12(18(20)21)13(11)16-15/h3-5,9-10,16H,6-8,15H2,1-2H3. The number of nitrogens with one attached hydrogen (secondary N) is 1. The van der Waals surface area contributed by atoms with Gasteiger partial charge in [0.2, 0.25) is 0 Å². The van der Waals surface area contributed by atoms with Gasteiger partial charge in [0, 0.05) is 19.2 Å². The zero-order valence-electron chi connectivity index (χ0n) is 12.2. The third-order valence-electron chi connectivity index (χ3n) is 4.07. The van der Waals surface area contributed by atoms with Gasteiger partial charge in [0.25, 0.3) is 11.6 Å². The molecule has 1 aliphatic heterocycles. The smallest absolute Gasteiger partial charge is 0.294 e. The Balaban J connectivity index is 2.28. The number of nitro groups is 1. The zero-order valence-corrected chi connectivity index (χ0v) is 12.2. The van der Waals surface area contributed by atoms with E-state index in [4.69, 9.17) is 5.84 Å². The number of benzene rings is 1. The number of nitrogen functional groups attached to an aromatic ring is 1. The van der Waals surface area contributed by atoms with Crippen molar-refractivity contribution in [3.05, 3.63) is 33.9 Å². The molecule has 1 aliphatic rings. The van der Waals surface area contributed by atoms with E-state index >= 15 is 0 Å². The maximum atomic E-state index is 12.6. The first-order valence-electron chi connectivity index (χ1n) is 6.99. The van der Waals surface area contributed by atoms with Gasteiger partial charge < -0.3 is 10.3 Å². The van der Waals surface area contributed by atoms with Crippen molar-refractivity contribution in [1.29, 1.82) is 0 Å². The van der Waals surface area contributed by atoms with Crippen LogP contribution in [-0.2, 0) is 0 Å². The Labute approximate surface area is 123 Å². The van der Waals surface area contributed by atoms with Gasteiger partial charge in [-0.15, -0.1) is 0 Å². The summed E-state index contributed by atoms with van der Waals surface area (Å²) >= 11 is 0. The van der Waals surface area contributed by atoms with Gasteiger partial charge in [-0.25, -0.2) is 0 Å². The highest BCUT2D eigenvalue weighted by molar-refractivity contribution is 6.01. The molecule has 1 heterocycles. The summed E-state index contributed by atoms with van der Waals surface area (Å²) in [7, 11) is 0. The first-order chi connectivity index (χ1) is 9.95. The van der Waals surface area contributed by atoms with Gasteiger partial charge in [-0.3, -0.25) is 20.8 Å². The third kappa shape index (κ3) is 2.97. The minimum absolute atomic E-state index is 0.0699. The minimum atomic E-state index is -0.549. The van der Waals surface area contributed by atoms with Crippen LogP contribution in [0.3, 0.4) is 0 Å². The highest BCUT2D eigenvalue weighted by Crippen LogP contribution is 2.31. The maximum absolute atomic E-state index is 12.6. The van der Waals surface area contributed by atoms with E-state index in [1.807, 2.05) is 0 Å². The van der Waals surface area contributed by atoms with Crippen LogP contribution >= 0.6 is 0 Å². The SMILES string of the molecule is CC(C)C1CCN(C(=O)c2cccc([N+](=O)[O-])c2NN)C1. The van der Waals surface area contributed by atoms with Gasteiger partial charge in [-0.2, -0.15) is 0 Å². The average molecular weight is 292 g/mol. The second kappa shape index (κ2) is 6.09. The van der Waals surface area contributed by atoms with Crippen molar-refractivity contribution >= 4 is 17.3 Å². The molecular formula is C14H20N4O3. The van der Waals surface area contributed by atoms with Crippen molar-refractivity contribution in [2.45, 2.75) is 20.3 Å². The molecule has 1 aromatic carbocycles. The van der Waals surface area contributed by atoms with Crippen LogP contribution in [0, 0.1) is 22.0 Å². The maximum Gasteiger partial charge on any atom is 0.294 e. The molecule has 0 saturated carbocycles. The van der Waals surface area contributed by atoms with Crippen molar-refractivity contribution in [2.24, 2.45) is 17.7 Å². The van der Waals surface area contributed by atoms with Crippen LogP contribution in [0.1, 0.15) is 30.6 Å². The monoisotopic (exact) mass is 292 g/mol. The number of anilines is 1. The predicted octanol–water partition coefficient (Wildman–Crippen LogP) is 2.00. The molecule has 0 aromatic heterocycles. The van der Waals surface area contributed by atoms with E-state index in [0.29, 0.717) is 24.9 Å². The van der Waals surface area contributed by atoms with Crippen molar-refractivity contribution in [2.75, 3.05) is 18.5 Å².